The van der Waals surface area contributed by atoms with Gasteiger partial charge in [0.05, 0.1) is 0 Å². The molecule has 4 heteroatoms. The fourth-order valence-corrected chi connectivity index (χ4v) is 3.07. The van der Waals surface area contributed by atoms with Gasteiger partial charge in [-0.3, -0.25) is 0 Å². The van der Waals surface area contributed by atoms with Crippen molar-refractivity contribution in [3.05, 3.63) is 41.2 Å². The molecule has 0 atom stereocenters. The molecule has 1 aromatic heterocycles. The molecule has 0 amide bonds. The van der Waals surface area contributed by atoms with Gasteiger partial charge < -0.3 is 5.32 Å². The van der Waals surface area contributed by atoms with Gasteiger partial charge in [0.15, 0.2) is 0 Å². The standard InChI is InChI=1S/C16H21N3S/c1-5-14-15(17-6-2)18-10-19-16(14)20-13-8-7-11(3)12(4)9-13/h7-10H,5-6H2,1-4H3,(H,17,18,19). The van der Waals surface area contributed by atoms with Gasteiger partial charge in [-0.05, 0) is 50.5 Å². The Morgan fingerprint density at radius 3 is 2.55 bits per heavy atom. The van der Waals surface area contributed by atoms with E-state index in [1.807, 2.05) is 0 Å². The van der Waals surface area contributed by atoms with E-state index in [2.05, 4.69) is 61.2 Å². The number of aromatic nitrogens is 2. The Morgan fingerprint density at radius 2 is 1.90 bits per heavy atom. The predicted molar refractivity (Wildman–Crippen MR) is 85.6 cm³/mol. The van der Waals surface area contributed by atoms with E-state index in [1.165, 1.54) is 21.6 Å². The molecule has 2 rings (SSSR count). The molecule has 1 heterocycles. The lowest BCUT2D eigenvalue weighted by Gasteiger charge is -2.12. The van der Waals surface area contributed by atoms with Crippen molar-refractivity contribution in [3.8, 4) is 0 Å². The SMILES string of the molecule is CCNc1ncnc(Sc2ccc(C)c(C)c2)c1CC. The van der Waals surface area contributed by atoms with Gasteiger partial charge in [-0.25, -0.2) is 9.97 Å². The van der Waals surface area contributed by atoms with Crippen molar-refractivity contribution < 1.29 is 0 Å². The van der Waals surface area contributed by atoms with Crippen LogP contribution in [0, 0.1) is 13.8 Å². The highest BCUT2D eigenvalue weighted by Crippen LogP contribution is 2.32. The Morgan fingerprint density at radius 1 is 1.10 bits per heavy atom. The van der Waals surface area contributed by atoms with Gasteiger partial charge in [0.25, 0.3) is 0 Å². The second-order valence-electron chi connectivity index (χ2n) is 4.74. The van der Waals surface area contributed by atoms with Crippen LogP contribution in [0.3, 0.4) is 0 Å². The highest BCUT2D eigenvalue weighted by molar-refractivity contribution is 7.99. The molecule has 0 aliphatic rings. The van der Waals surface area contributed by atoms with Crippen LogP contribution >= 0.6 is 11.8 Å². The number of rotatable bonds is 5. The lowest BCUT2D eigenvalue weighted by Crippen LogP contribution is -2.05. The van der Waals surface area contributed by atoms with Crippen LogP contribution < -0.4 is 5.32 Å². The molecule has 2 aromatic rings. The minimum atomic E-state index is 0.873. The van der Waals surface area contributed by atoms with Crippen molar-refractivity contribution in [2.45, 2.75) is 44.0 Å². The molecular weight excluding hydrogens is 266 g/mol. The highest BCUT2D eigenvalue weighted by atomic mass is 32.2. The van der Waals surface area contributed by atoms with Crippen LogP contribution in [0.5, 0.6) is 0 Å². The third-order valence-electron chi connectivity index (χ3n) is 3.30. The first-order chi connectivity index (χ1) is 9.65. The zero-order valence-corrected chi connectivity index (χ0v) is 13.3. The molecule has 0 fully saturated rings. The molecule has 106 valence electrons. The minimum Gasteiger partial charge on any atom is -0.370 e. The first kappa shape index (κ1) is 14.9. The zero-order chi connectivity index (χ0) is 14.5. The second-order valence-corrected chi connectivity index (χ2v) is 5.80. The number of hydrogen-bond acceptors (Lipinski definition) is 4. The Hall–Kier alpha value is -1.55. The van der Waals surface area contributed by atoms with Crippen molar-refractivity contribution in [1.82, 2.24) is 9.97 Å². The molecule has 1 N–H and O–H groups in total. The van der Waals surface area contributed by atoms with Crippen LogP contribution in [0.2, 0.25) is 0 Å². The van der Waals surface area contributed by atoms with Crippen molar-refractivity contribution in [1.29, 1.82) is 0 Å². The van der Waals surface area contributed by atoms with Gasteiger partial charge in [0.1, 0.15) is 17.2 Å². The van der Waals surface area contributed by atoms with Gasteiger partial charge in [0.2, 0.25) is 0 Å². The highest BCUT2D eigenvalue weighted by Gasteiger charge is 2.11. The summed E-state index contributed by atoms with van der Waals surface area (Å²) in [6.07, 6.45) is 2.57. The monoisotopic (exact) mass is 287 g/mol. The van der Waals surface area contributed by atoms with E-state index >= 15 is 0 Å². The van der Waals surface area contributed by atoms with Crippen LogP contribution in [0.4, 0.5) is 5.82 Å². The number of anilines is 1. The lowest BCUT2D eigenvalue weighted by molar-refractivity contribution is 0.937. The Bertz CT molecular complexity index is 596. The third kappa shape index (κ3) is 3.31. The molecule has 0 radical (unpaired) electrons. The number of benzene rings is 1. The first-order valence-corrected chi connectivity index (χ1v) is 7.80. The maximum Gasteiger partial charge on any atom is 0.133 e. The summed E-state index contributed by atoms with van der Waals surface area (Å²) in [5.74, 6) is 0.955. The second kappa shape index (κ2) is 6.75. The van der Waals surface area contributed by atoms with Gasteiger partial charge >= 0.3 is 0 Å². The van der Waals surface area contributed by atoms with Crippen LogP contribution in [0.25, 0.3) is 0 Å². The van der Waals surface area contributed by atoms with Crippen LogP contribution in [-0.4, -0.2) is 16.5 Å². The summed E-state index contributed by atoms with van der Waals surface area (Å²) in [5.41, 5.74) is 3.83. The van der Waals surface area contributed by atoms with Gasteiger partial charge in [-0.1, -0.05) is 24.8 Å². The Labute approximate surface area is 125 Å². The Balaban J connectivity index is 2.32. The molecule has 0 saturated carbocycles. The molecule has 3 nitrogen and oxygen atoms in total. The molecule has 1 aromatic carbocycles. The summed E-state index contributed by atoms with van der Waals surface area (Å²) in [4.78, 5) is 10.0. The van der Waals surface area contributed by atoms with E-state index in [4.69, 9.17) is 0 Å². The van der Waals surface area contributed by atoms with E-state index in [0.29, 0.717) is 0 Å². The molecule has 0 aliphatic heterocycles. The molecular formula is C16H21N3S. The van der Waals surface area contributed by atoms with Crippen LogP contribution in [-0.2, 0) is 6.42 Å². The number of aryl methyl sites for hydroxylation is 2. The molecule has 20 heavy (non-hydrogen) atoms. The normalized spacial score (nSPS) is 10.6. The predicted octanol–water partition coefficient (Wildman–Crippen LogP) is 4.24. The number of hydrogen-bond donors (Lipinski definition) is 1. The lowest BCUT2D eigenvalue weighted by atomic mass is 10.1. The van der Waals surface area contributed by atoms with E-state index in [1.54, 1.807) is 18.1 Å². The van der Waals surface area contributed by atoms with Crippen molar-refractivity contribution in [3.63, 3.8) is 0 Å². The quantitative estimate of drug-likeness (QED) is 0.835. The van der Waals surface area contributed by atoms with Crippen LogP contribution in [0.1, 0.15) is 30.5 Å². The summed E-state index contributed by atoms with van der Waals surface area (Å²) < 4.78 is 0. The molecule has 0 bridgehead atoms. The number of nitrogens with zero attached hydrogens (tertiary/aromatic N) is 2. The average molecular weight is 287 g/mol. The summed E-state index contributed by atoms with van der Waals surface area (Å²) in [7, 11) is 0. The molecule has 0 spiro atoms. The zero-order valence-electron chi connectivity index (χ0n) is 12.5. The Kier molecular flexibility index (Phi) is 5.01. The minimum absolute atomic E-state index is 0.873. The van der Waals surface area contributed by atoms with Crippen molar-refractivity contribution in [2.24, 2.45) is 0 Å². The fourth-order valence-electron chi connectivity index (χ4n) is 2.01. The van der Waals surface area contributed by atoms with E-state index in [9.17, 15) is 0 Å². The van der Waals surface area contributed by atoms with Crippen LogP contribution in [0.15, 0.2) is 34.4 Å². The summed E-state index contributed by atoms with van der Waals surface area (Å²) >= 11 is 1.71. The molecule has 0 unspecified atom stereocenters. The maximum absolute atomic E-state index is 4.45. The fraction of sp³-hybridized carbons (Fsp3) is 0.375. The van der Waals surface area contributed by atoms with Gasteiger partial charge in [-0.2, -0.15) is 0 Å². The van der Waals surface area contributed by atoms with Crippen molar-refractivity contribution in [2.75, 3.05) is 11.9 Å². The van der Waals surface area contributed by atoms with E-state index < -0.39 is 0 Å². The largest absolute Gasteiger partial charge is 0.370 e. The summed E-state index contributed by atoms with van der Waals surface area (Å²) in [5, 5.41) is 4.35. The van der Waals surface area contributed by atoms with Gasteiger partial charge in [-0.15, -0.1) is 0 Å². The van der Waals surface area contributed by atoms with E-state index in [-0.39, 0.29) is 0 Å². The van der Waals surface area contributed by atoms with E-state index in [0.717, 1.165) is 23.8 Å². The van der Waals surface area contributed by atoms with Crippen molar-refractivity contribution >= 4 is 17.6 Å². The van der Waals surface area contributed by atoms with Gasteiger partial charge in [0, 0.05) is 17.0 Å². The first-order valence-electron chi connectivity index (χ1n) is 6.98. The average Bonchev–Trinajstić information content (AvgIpc) is 2.44. The number of nitrogens with one attached hydrogen (secondary N) is 1. The summed E-state index contributed by atoms with van der Waals surface area (Å²) in [6, 6.07) is 6.53. The molecule has 0 aliphatic carbocycles. The molecule has 0 saturated heterocycles. The maximum atomic E-state index is 4.45. The third-order valence-corrected chi connectivity index (χ3v) is 4.33. The summed E-state index contributed by atoms with van der Waals surface area (Å²) in [6.45, 7) is 9.37. The topological polar surface area (TPSA) is 37.8 Å². The smallest absolute Gasteiger partial charge is 0.133 e.